The summed E-state index contributed by atoms with van der Waals surface area (Å²) in [5, 5.41) is 3.38. The van der Waals surface area contributed by atoms with Gasteiger partial charge in [0.05, 0.1) is 0 Å². The maximum absolute atomic E-state index is 12.5. The molecule has 82 valence electrons. The number of hydrogen-bond acceptors (Lipinski definition) is 1. The molecule has 2 aliphatic carbocycles. The van der Waals surface area contributed by atoms with Crippen molar-refractivity contribution in [3.8, 4) is 0 Å². The van der Waals surface area contributed by atoms with E-state index in [1.54, 1.807) is 0 Å². The second kappa shape index (κ2) is 3.16. The van der Waals surface area contributed by atoms with Gasteiger partial charge in [0.1, 0.15) is 0 Å². The minimum Gasteiger partial charge on any atom is -0.314 e. The van der Waals surface area contributed by atoms with Crippen LogP contribution in [-0.2, 0) is 0 Å². The topological polar surface area (TPSA) is 12.0 Å². The van der Waals surface area contributed by atoms with Gasteiger partial charge < -0.3 is 5.32 Å². The van der Waals surface area contributed by atoms with Crippen molar-refractivity contribution < 1.29 is 8.78 Å². The van der Waals surface area contributed by atoms with Crippen LogP contribution in [-0.4, -0.2) is 18.5 Å². The first kappa shape index (κ1) is 10.3. The van der Waals surface area contributed by atoms with Crippen molar-refractivity contribution in [1.82, 2.24) is 5.32 Å². The molecule has 0 amide bonds. The van der Waals surface area contributed by atoms with Gasteiger partial charge in [0.25, 0.3) is 0 Å². The number of rotatable bonds is 3. The molecule has 2 rings (SSSR count). The van der Waals surface area contributed by atoms with Crippen molar-refractivity contribution in [3.63, 3.8) is 0 Å². The van der Waals surface area contributed by atoms with Crippen LogP contribution in [0.2, 0.25) is 0 Å². The lowest BCUT2D eigenvalue weighted by Gasteiger charge is -2.44. The Balaban J connectivity index is 1.58. The third-order valence-corrected chi connectivity index (χ3v) is 3.47. The van der Waals surface area contributed by atoms with Crippen LogP contribution in [0.5, 0.6) is 0 Å². The van der Waals surface area contributed by atoms with Gasteiger partial charge in [0.2, 0.25) is 5.92 Å². The standard InChI is InChI=1S/C11H19F2N/c1-10(2)5-9(6-10)14-7-8-3-11(12,13)4-8/h8-9,14H,3-7H2,1-2H3. The summed E-state index contributed by atoms with van der Waals surface area (Å²) in [6.45, 7) is 5.29. The summed E-state index contributed by atoms with van der Waals surface area (Å²) >= 11 is 0. The van der Waals surface area contributed by atoms with Gasteiger partial charge in [-0.1, -0.05) is 13.8 Å². The molecule has 2 fully saturated rings. The zero-order chi connectivity index (χ0) is 10.4. The van der Waals surface area contributed by atoms with Crippen LogP contribution in [0.15, 0.2) is 0 Å². The fourth-order valence-corrected chi connectivity index (χ4v) is 2.68. The SMILES string of the molecule is CC1(C)CC(NCC2CC(F)(F)C2)C1. The fraction of sp³-hybridized carbons (Fsp3) is 1.00. The molecule has 0 unspecified atom stereocenters. The van der Waals surface area contributed by atoms with Crippen molar-refractivity contribution in [2.45, 2.75) is 51.5 Å². The van der Waals surface area contributed by atoms with Gasteiger partial charge in [-0.25, -0.2) is 8.78 Å². The summed E-state index contributed by atoms with van der Waals surface area (Å²) < 4.78 is 25.0. The average molecular weight is 203 g/mol. The van der Waals surface area contributed by atoms with Gasteiger partial charge in [0, 0.05) is 18.9 Å². The van der Waals surface area contributed by atoms with Crippen LogP contribution in [0, 0.1) is 11.3 Å². The molecule has 2 saturated carbocycles. The third-order valence-electron chi connectivity index (χ3n) is 3.47. The largest absolute Gasteiger partial charge is 0.314 e. The van der Waals surface area contributed by atoms with E-state index in [1.165, 1.54) is 12.8 Å². The Labute approximate surface area is 84.3 Å². The second-order valence-electron chi connectivity index (χ2n) is 5.81. The van der Waals surface area contributed by atoms with Crippen molar-refractivity contribution in [1.29, 1.82) is 0 Å². The smallest absolute Gasteiger partial charge is 0.248 e. The van der Waals surface area contributed by atoms with Gasteiger partial charge in [0.15, 0.2) is 0 Å². The molecule has 1 N–H and O–H groups in total. The van der Waals surface area contributed by atoms with Crippen LogP contribution >= 0.6 is 0 Å². The van der Waals surface area contributed by atoms with Gasteiger partial charge in [-0.05, 0) is 30.7 Å². The highest BCUT2D eigenvalue weighted by molar-refractivity contribution is 4.94. The van der Waals surface area contributed by atoms with E-state index < -0.39 is 5.92 Å². The summed E-state index contributed by atoms with van der Waals surface area (Å²) in [4.78, 5) is 0. The minimum absolute atomic E-state index is 0.0934. The van der Waals surface area contributed by atoms with E-state index in [9.17, 15) is 8.78 Å². The molecule has 0 radical (unpaired) electrons. The highest BCUT2D eigenvalue weighted by atomic mass is 19.3. The maximum Gasteiger partial charge on any atom is 0.248 e. The molecule has 0 aromatic carbocycles. The van der Waals surface area contributed by atoms with Crippen molar-refractivity contribution in [2.24, 2.45) is 11.3 Å². The van der Waals surface area contributed by atoms with E-state index in [0.717, 1.165) is 6.54 Å². The average Bonchev–Trinajstić information content (AvgIpc) is 1.92. The maximum atomic E-state index is 12.5. The van der Waals surface area contributed by atoms with Crippen molar-refractivity contribution in [2.75, 3.05) is 6.54 Å². The van der Waals surface area contributed by atoms with E-state index in [0.29, 0.717) is 11.5 Å². The second-order valence-corrected chi connectivity index (χ2v) is 5.81. The summed E-state index contributed by atoms with van der Waals surface area (Å²) in [6.07, 6.45) is 2.57. The van der Waals surface area contributed by atoms with Gasteiger partial charge in [-0.15, -0.1) is 0 Å². The monoisotopic (exact) mass is 203 g/mol. The Bertz CT molecular complexity index is 185. The molecule has 0 atom stereocenters. The molecule has 1 nitrogen and oxygen atoms in total. The first-order valence-corrected chi connectivity index (χ1v) is 5.48. The van der Waals surface area contributed by atoms with Crippen molar-refractivity contribution in [3.05, 3.63) is 0 Å². The van der Waals surface area contributed by atoms with Crippen LogP contribution in [0.3, 0.4) is 0 Å². The molecule has 14 heavy (non-hydrogen) atoms. The summed E-state index contributed by atoms with van der Waals surface area (Å²) in [5.74, 6) is -2.14. The lowest BCUT2D eigenvalue weighted by atomic mass is 9.68. The molecule has 0 aromatic rings. The normalized spacial score (nSPS) is 30.9. The number of alkyl halides is 2. The van der Waals surface area contributed by atoms with Gasteiger partial charge in [-0.3, -0.25) is 0 Å². The first-order chi connectivity index (χ1) is 6.36. The van der Waals surface area contributed by atoms with Crippen LogP contribution in [0.1, 0.15) is 39.5 Å². The molecule has 0 saturated heterocycles. The zero-order valence-electron chi connectivity index (χ0n) is 8.95. The summed E-state index contributed by atoms with van der Waals surface area (Å²) in [5.41, 5.74) is 0.473. The molecule has 0 bridgehead atoms. The zero-order valence-corrected chi connectivity index (χ0v) is 8.95. The number of nitrogens with one attached hydrogen (secondary N) is 1. The summed E-state index contributed by atoms with van der Waals surface area (Å²) in [6, 6.07) is 0.583. The number of halogens is 2. The fourth-order valence-electron chi connectivity index (χ4n) is 2.68. The highest BCUT2D eigenvalue weighted by Gasteiger charge is 2.45. The predicted octanol–water partition coefficient (Wildman–Crippen LogP) is 2.81. The van der Waals surface area contributed by atoms with Gasteiger partial charge in [-0.2, -0.15) is 0 Å². The lowest BCUT2D eigenvalue weighted by molar-refractivity contribution is -0.110. The third kappa shape index (κ3) is 2.25. The van der Waals surface area contributed by atoms with E-state index in [4.69, 9.17) is 0 Å². The Morgan fingerprint density at radius 2 is 1.71 bits per heavy atom. The van der Waals surface area contributed by atoms with E-state index in [-0.39, 0.29) is 18.8 Å². The van der Waals surface area contributed by atoms with Crippen LogP contribution < -0.4 is 5.32 Å². The van der Waals surface area contributed by atoms with E-state index >= 15 is 0 Å². The molecule has 0 spiro atoms. The highest BCUT2D eigenvalue weighted by Crippen LogP contribution is 2.43. The molecule has 3 heteroatoms. The van der Waals surface area contributed by atoms with E-state index in [1.807, 2.05) is 0 Å². The molecule has 2 aliphatic rings. The molecular formula is C11H19F2N. The number of hydrogen-bond donors (Lipinski definition) is 1. The minimum atomic E-state index is -2.36. The Hall–Kier alpha value is -0.180. The Morgan fingerprint density at radius 3 is 2.14 bits per heavy atom. The lowest BCUT2D eigenvalue weighted by Crippen LogP contribution is -2.50. The van der Waals surface area contributed by atoms with Gasteiger partial charge >= 0.3 is 0 Å². The first-order valence-electron chi connectivity index (χ1n) is 5.48. The molecule has 0 heterocycles. The quantitative estimate of drug-likeness (QED) is 0.743. The predicted molar refractivity (Wildman–Crippen MR) is 52.5 cm³/mol. The van der Waals surface area contributed by atoms with Crippen molar-refractivity contribution >= 4 is 0 Å². The van der Waals surface area contributed by atoms with Crippen LogP contribution in [0.4, 0.5) is 8.78 Å². The molecular weight excluding hydrogens is 184 g/mol. The summed E-state index contributed by atoms with van der Waals surface area (Å²) in [7, 11) is 0. The molecule has 0 aromatic heterocycles. The van der Waals surface area contributed by atoms with E-state index in [2.05, 4.69) is 19.2 Å². The Kier molecular flexibility index (Phi) is 2.33. The van der Waals surface area contributed by atoms with Crippen LogP contribution in [0.25, 0.3) is 0 Å². The molecule has 0 aliphatic heterocycles. The Morgan fingerprint density at radius 1 is 1.14 bits per heavy atom.